The maximum Gasteiger partial charge on any atom is 0.395 e. The van der Waals surface area contributed by atoms with Crippen LogP contribution in [-0.2, 0) is 4.79 Å². The van der Waals surface area contributed by atoms with Gasteiger partial charge in [-0.2, -0.15) is 4.98 Å². The van der Waals surface area contributed by atoms with Crippen molar-refractivity contribution in [1.82, 2.24) is 9.97 Å². The number of aromatic hydroxyl groups is 1. The smallest absolute Gasteiger partial charge is 0.395 e. The summed E-state index contributed by atoms with van der Waals surface area (Å²) < 4.78 is 0. The molecule has 0 fully saturated rings. The van der Waals surface area contributed by atoms with Crippen LogP contribution in [-0.4, -0.2) is 25.9 Å². The highest BCUT2D eigenvalue weighted by Gasteiger charge is 2.21. The van der Waals surface area contributed by atoms with Gasteiger partial charge in [-0.15, -0.1) is 0 Å². The summed E-state index contributed by atoms with van der Waals surface area (Å²) in [5, 5.41) is 22.6. The largest absolute Gasteiger partial charge is 0.488 e. The molecule has 0 aliphatic heterocycles. The number of rotatable bonds is 4. The SMILES string of the molecule is CC(=O)Nc1ccc(C=Cc2nc(O)c([N+](=O)[O-])c(=O)[nH]2)cc1. The molecule has 1 aromatic heterocycles. The molecule has 1 amide bonds. The van der Waals surface area contributed by atoms with Crippen molar-refractivity contribution in [2.24, 2.45) is 0 Å². The van der Waals surface area contributed by atoms with Gasteiger partial charge in [-0.05, 0) is 23.8 Å². The first-order chi connectivity index (χ1) is 10.9. The lowest BCUT2D eigenvalue weighted by molar-refractivity contribution is -0.387. The number of hydrogen-bond acceptors (Lipinski definition) is 6. The molecular weight excluding hydrogens is 304 g/mol. The van der Waals surface area contributed by atoms with Crippen LogP contribution in [0.3, 0.4) is 0 Å². The van der Waals surface area contributed by atoms with Gasteiger partial charge in [-0.1, -0.05) is 18.2 Å². The first-order valence-electron chi connectivity index (χ1n) is 6.40. The summed E-state index contributed by atoms with van der Waals surface area (Å²) in [4.78, 5) is 37.7. The number of hydrogen-bond donors (Lipinski definition) is 3. The number of nitro groups is 1. The number of anilines is 1. The maximum atomic E-state index is 11.5. The molecule has 0 atom stereocenters. The highest BCUT2D eigenvalue weighted by Crippen LogP contribution is 2.17. The van der Waals surface area contributed by atoms with Crippen molar-refractivity contribution in [3.63, 3.8) is 0 Å². The molecule has 0 aliphatic carbocycles. The molecule has 2 rings (SSSR count). The molecule has 0 unspecified atom stereocenters. The van der Waals surface area contributed by atoms with E-state index in [9.17, 15) is 24.8 Å². The number of carbonyl (C=O) groups is 1. The molecule has 0 saturated heterocycles. The van der Waals surface area contributed by atoms with Crippen molar-refractivity contribution in [3.8, 4) is 5.88 Å². The van der Waals surface area contributed by atoms with Gasteiger partial charge in [0, 0.05) is 12.6 Å². The second-order valence-electron chi connectivity index (χ2n) is 4.52. The van der Waals surface area contributed by atoms with Gasteiger partial charge in [-0.3, -0.25) is 19.7 Å². The maximum absolute atomic E-state index is 11.5. The van der Waals surface area contributed by atoms with E-state index in [1.807, 2.05) is 0 Å². The van der Waals surface area contributed by atoms with Gasteiger partial charge in [0.05, 0.1) is 4.92 Å². The van der Waals surface area contributed by atoms with Crippen LogP contribution in [0.1, 0.15) is 18.3 Å². The van der Waals surface area contributed by atoms with Crippen molar-refractivity contribution in [2.75, 3.05) is 5.32 Å². The highest BCUT2D eigenvalue weighted by atomic mass is 16.6. The van der Waals surface area contributed by atoms with Gasteiger partial charge in [0.15, 0.2) is 0 Å². The third-order valence-electron chi connectivity index (χ3n) is 2.74. The predicted octanol–water partition coefficient (Wildman–Crippen LogP) is 1.51. The third-order valence-corrected chi connectivity index (χ3v) is 2.74. The fourth-order valence-electron chi connectivity index (χ4n) is 1.77. The summed E-state index contributed by atoms with van der Waals surface area (Å²) in [5.41, 5.74) is -0.668. The Morgan fingerprint density at radius 2 is 2.00 bits per heavy atom. The summed E-state index contributed by atoms with van der Waals surface area (Å²) in [6, 6.07) is 6.80. The lowest BCUT2D eigenvalue weighted by atomic mass is 10.2. The molecule has 1 aromatic carbocycles. The summed E-state index contributed by atoms with van der Waals surface area (Å²) in [5.74, 6) is -1.15. The third kappa shape index (κ3) is 4.00. The van der Waals surface area contributed by atoms with Gasteiger partial charge in [0.25, 0.3) is 5.88 Å². The molecule has 23 heavy (non-hydrogen) atoms. The zero-order valence-corrected chi connectivity index (χ0v) is 11.9. The van der Waals surface area contributed by atoms with Gasteiger partial charge >= 0.3 is 11.2 Å². The van der Waals surface area contributed by atoms with Gasteiger partial charge in [0.2, 0.25) is 5.91 Å². The van der Waals surface area contributed by atoms with E-state index in [0.717, 1.165) is 5.56 Å². The van der Waals surface area contributed by atoms with Crippen molar-refractivity contribution < 1.29 is 14.8 Å². The van der Waals surface area contributed by atoms with Gasteiger partial charge in [-0.25, -0.2) is 0 Å². The monoisotopic (exact) mass is 316 g/mol. The van der Waals surface area contributed by atoms with Crippen LogP contribution in [0.15, 0.2) is 29.1 Å². The zero-order valence-electron chi connectivity index (χ0n) is 11.9. The Kier molecular flexibility index (Phi) is 4.50. The van der Waals surface area contributed by atoms with Crippen LogP contribution >= 0.6 is 0 Å². The zero-order chi connectivity index (χ0) is 17.0. The first kappa shape index (κ1) is 15.9. The van der Waals surface area contributed by atoms with E-state index in [1.165, 1.54) is 13.0 Å². The van der Waals surface area contributed by atoms with Crippen molar-refractivity contribution in [1.29, 1.82) is 0 Å². The number of nitrogens with one attached hydrogen (secondary N) is 2. The summed E-state index contributed by atoms with van der Waals surface area (Å²) in [7, 11) is 0. The number of aromatic amines is 1. The van der Waals surface area contributed by atoms with E-state index >= 15 is 0 Å². The highest BCUT2D eigenvalue weighted by molar-refractivity contribution is 5.88. The van der Waals surface area contributed by atoms with Gasteiger partial charge in [0.1, 0.15) is 5.82 Å². The fourth-order valence-corrected chi connectivity index (χ4v) is 1.77. The van der Waals surface area contributed by atoms with Crippen LogP contribution in [0, 0.1) is 10.1 Å². The number of aromatic nitrogens is 2. The van der Waals surface area contributed by atoms with E-state index in [2.05, 4.69) is 15.3 Å². The molecule has 0 spiro atoms. The minimum Gasteiger partial charge on any atom is -0.488 e. The summed E-state index contributed by atoms with van der Waals surface area (Å²) in [6.45, 7) is 1.40. The van der Waals surface area contributed by atoms with E-state index in [4.69, 9.17) is 0 Å². The van der Waals surface area contributed by atoms with Crippen LogP contribution in [0.25, 0.3) is 12.2 Å². The van der Waals surface area contributed by atoms with Crippen LogP contribution in [0.5, 0.6) is 5.88 Å². The minimum atomic E-state index is -1.04. The topological polar surface area (TPSA) is 138 Å². The molecule has 3 N–H and O–H groups in total. The Hall–Kier alpha value is -3.49. The van der Waals surface area contributed by atoms with Crippen molar-refractivity contribution >= 4 is 29.4 Å². The number of H-pyrrole nitrogens is 1. The first-order valence-corrected chi connectivity index (χ1v) is 6.40. The lowest BCUT2D eigenvalue weighted by Gasteiger charge is -2.01. The van der Waals surface area contributed by atoms with E-state index < -0.39 is 22.0 Å². The Morgan fingerprint density at radius 3 is 2.52 bits per heavy atom. The molecular formula is C14H12N4O5. The Morgan fingerprint density at radius 1 is 1.35 bits per heavy atom. The van der Waals surface area contributed by atoms with Gasteiger partial charge < -0.3 is 15.4 Å². The molecule has 2 aromatic rings. The number of carbonyl (C=O) groups excluding carboxylic acids is 1. The summed E-state index contributed by atoms with van der Waals surface area (Å²) >= 11 is 0. The minimum absolute atomic E-state index is 0.0240. The number of benzene rings is 1. The molecule has 1 heterocycles. The number of nitrogens with zero attached hydrogens (tertiary/aromatic N) is 2. The van der Waals surface area contributed by atoms with E-state index in [0.29, 0.717) is 5.69 Å². The predicted molar refractivity (Wildman–Crippen MR) is 82.9 cm³/mol. The normalized spacial score (nSPS) is 10.7. The Balaban J connectivity index is 2.22. The van der Waals surface area contributed by atoms with E-state index in [1.54, 1.807) is 30.3 Å². The summed E-state index contributed by atoms with van der Waals surface area (Å²) in [6.07, 6.45) is 2.97. The Bertz CT molecular complexity index is 839. The second-order valence-corrected chi connectivity index (χ2v) is 4.52. The second kappa shape index (κ2) is 6.52. The van der Waals surface area contributed by atoms with Crippen LogP contribution in [0.4, 0.5) is 11.4 Å². The quantitative estimate of drug-likeness (QED) is 0.577. The number of amides is 1. The molecule has 118 valence electrons. The molecule has 9 heteroatoms. The standard InChI is InChI=1S/C14H12N4O5/c1-8(19)15-10-5-2-9(3-6-10)4-7-11-16-13(20)12(18(22)23)14(21)17-11/h2-7H,1H3,(H,15,19)(H2,16,17,20,21). The van der Waals surface area contributed by atoms with E-state index in [-0.39, 0.29) is 11.7 Å². The molecule has 9 nitrogen and oxygen atoms in total. The average molecular weight is 316 g/mol. The van der Waals surface area contributed by atoms with Crippen molar-refractivity contribution in [2.45, 2.75) is 6.92 Å². The lowest BCUT2D eigenvalue weighted by Crippen LogP contribution is -2.14. The molecule has 0 saturated carbocycles. The molecule has 0 radical (unpaired) electrons. The molecule has 0 aliphatic rings. The van der Waals surface area contributed by atoms with Crippen LogP contribution in [0.2, 0.25) is 0 Å². The Labute approximate surface area is 129 Å². The van der Waals surface area contributed by atoms with Crippen molar-refractivity contribution in [3.05, 3.63) is 56.1 Å². The fraction of sp³-hybridized carbons (Fsp3) is 0.0714. The average Bonchev–Trinajstić information content (AvgIpc) is 2.45. The van der Waals surface area contributed by atoms with Crippen LogP contribution < -0.4 is 10.9 Å². The molecule has 0 bridgehead atoms.